The van der Waals surface area contributed by atoms with Gasteiger partial charge in [-0.3, -0.25) is 0 Å². The molecule has 0 aliphatic carbocycles. The second-order valence-electron chi connectivity index (χ2n) is 4.82. The van der Waals surface area contributed by atoms with E-state index in [9.17, 15) is 4.39 Å². The maximum Gasteiger partial charge on any atom is 0.132 e. The standard InChI is InChI=1S/C15H19BrFN3/c16-11-6-7-13(17)12(9-11)14-10-19-15(20-14)5-3-1-2-4-8-18/h6-7,9-10H,1-5,8,18H2,(H,19,20). The van der Waals surface area contributed by atoms with Gasteiger partial charge < -0.3 is 10.7 Å². The molecule has 0 saturated heterocycles. The minimum atomic E-state index is -0.244. The summed E-state index contributed by atoms with van der Waals surface area (Å²) in [5.74, 6) is 0.665. The summed E-state index contributed by atoms with van der Waals surface area (Å²) in [5, 5.41) is 0. The van der Waals surface area contributed by atoms with Crippen molar-refractivity contribution < 1.29 is 4.39 Å². The number of nitrogens with zero attached hydrogens (tertiary/aromatic N) is 1. The van der Waals surface area contributed by atoms with Gasteiger partial charge in [0, 0.05) is 16.5 Å². The SMILES string of the molecule is NCCCCCCc1ncc(-c2cc(Br)ccc2F)[nH]1. The molecule has 20 heavy (non-hydrogen) atoms. The molecule has 0 radical (unpaired) electrons. The Bertz CT molecular complexity index is 554. The number of benzene rings is 1. The summed E-state index contributed by atoms with van der Waals surface area (Å²) in [6.45, 7) is 0.757. The number of aryl methyl sites for hydroxylation is 1. The minimum Gasteiger partial charge on any atom is -0.342 e. The molecule has 0 amide bonds. The second-order valence-corrected chi connectivity index (χ2v) is 5.74. The van der Waals surface area contributed by atoms with Crippen LogP contribution >= 0.6 is 15.9 Å². The number of aromatic nitrogens is 2. The molecule has 0 saturated carbocycles. The number of nitrogens with two attached hydrogens (primary N) is 1. The summed E-state index contributed by atoms with van der Waals surface area (Å²) in [4.78, 5) is 7.51. The van der Waals surface area contributed by atoms with E-state index >= 15 is 0 Å². The number of imidazole rings is 1. The van der Waals surface area contributed by atoms with Crippen LogP contribution in [-0.2, 0) is 6.42 Å². The predicted molar refractivity (Wildman–Crippen MR) is 82.9 cm³/mol. The Morgan fingerprint density at radius 3 is 2.80 bits per heavy atom. The Kier molecular flexibility index (Phi) is 5.73. The van der Waals surface area contributed by atoms with Gasteiger partial charge >= 0.3 is 0 Å². The zero-order chi connectivity index (χ0) is 14.4. The van der Waals surface area contributed by atoms with E-state index in [4.69, 9.17) is 5.73 Å². The maximum atomic E-state index is 13.8. The Balaban J connectivity index is 1.96. The molecule has 5 heteroatoms. The van der Waals surface area contributed by atoms with E-state index < -0.39 is 0 Å². The Morgan fingerprint density at radius 1 is 1.20 bits per heavy atom. The van der Waals surface area contributed by atoms with Gasteiger partial charge in [-0.2, -0.15) is 0 Å². The molecule has 0 bridgehead atoms. The molecule has 2 aromatic rings. The Labute approximate surface area is 126 Å². The van der Waals surface area contributed by atoms with E-state index in [1.165, 1.54) is 6.07 Å². The highest BCUT2D eigenvalue weighted by atomic mass is 79.9. The van der Waals surface area contributed by atoms with E-state index in [-0.39, 0.29) is 5.82 Å². The molecular formula is C15H19BrFN3. The van der Waals surface area contributed by atoms with Gasteiger partial charge in [-0.05, 0) is 37.6 Å². The van der Waals surface area contributed by atoms with Crippen LogP contribution in [0.15, 0.2) is 28.9 Å². The number of halogens is 2. The van der Waals surface area contributed by atoms with Crippen LogP contribution in [-0.4, -0.2) is 16.5 Å². The fraction of sp³-hybridized carbons (Fsp3) is 0.400. The van der Waals surface area contributed by atoms with Crippen molar-refractivity contribution in [2.45, 2.75) is 32.1 Å². The minimum absolute atomic E-state index is 0.244. The van der Waals surface area contributed by atoms with Gasteiger partial charge in [0.05, 0.1) is 11.9 Å². The number of rotatable bonds is 7. The predicted octanol–water partition coefficient (Wildman–Crippen LogP) is 4.04. The van der Waals surface area contributed by atoms with Crippen molar-refractivity contribution >= 4 is 15.9 Å². The van der Waals surface area contributed by atoms with E-state index in [1.807, 2.05) is 0 Å². The monoisotopic (exact) mass is 339 g/mol. The smallest absolute Gasteiger partial charge is 0.132 e. The molecule has 0 spiro atoms. The lowest BCUT2D eigenvalue weighted by molar-refractivity contribution is 0.630. The molecule has 0 fully saturated rings. The number of aromatic amines is 1. The summed E-state index contributed by atoms with van der Waals surface area (Å²) in [5.41, 5.74) is 6.72. The quantitative estimate of drug-likeness (QED) is 0.748. The molecule has 108 valence electrons. The van der Waals surface area contributed by atoms with E-state index in [0.717, 1.165) is 54.6 Å². The fourth-order valence-corrected chi connectivity index (χ4v) is 2.48. The second kappa shape index (κ2) is 7.55. The Hall–Kier alpha value is -1.20. The molecule has 1 aromatic carbocycles. The van der Waals surface area contributed by atoms with Crippen LogP contribution in [0.4, 0.5) is 4.39 Å². The lowest BCUT2D eigenvalue weighted by Gasteiger charge is -2.01. The van der Waals surface area contributed by atoms with Crippen LogP contribution < -0.4 is 5.73 Å². The van der Waals surface area contributed by atoms with Crippen molar-refractivity contribution in [3.63, 3.8) is 0 Å². The highest BCUT2D eigenvalue weighted by Crippen LogP contribution is 2.25. The largest absolute Gasteiger partial charge is 0.342 e. The van der Waals surface area contributed by atoms with Crippen molar-refractivity contribution in [2.75, 3.05) is 6.54 Å². The number of nitrogens with one attached hydrogen (secondary N) is 1. The number of hydrogen-bond donors (Lipinski definition) is 2. The van der Waals surface area contributed by atoms with Gasteiger partial charge in [0.1, 0.15) is 11.6 Å². The van der Waals surface area contributed by atoms with Crippen molar-refractivity contribution in [1.29, 1.82) is 0 Å². The van der Waals surface area contributed by atoms with Gasteiger partial charge in [0.2, 0.25) is 0 Å². The zero-order valence-corrected chi connectivity index (χ0v) is 12.9. The van der Waals surface area contributed by atoms with Crippen molar-refractivity contribution in [2.24, 2.45) is 5.73 Å². The van der Waals surface area contributed by atoms with Gasteiger partial charge in [-0.15, -0.1) is 0 Å². The van der Waals surface area contributed by atoms with Crippen LogP contribution in [0, 0.1) is 5.82 Å². The van der Waals surface area contributed by atoms with Crippen LogP contribution in [0.5, 0.6) is 0 Å². The van der Waals surface area contributed by atoms with Crippen LogP contribution in [0.25, 0.3) is 11.3 Å². The summed E-state index contributed by atoms with van der Waals surface area (Å²) < 4.78 is 14.6. The van der Waals surface area contributed by atoms with Crippen molar-refractivity contribution in [3.05, 3.63) is 40.5 Å². The van der Waals surface area contributed by atoms with Crippen LogP contribution in [0.1, 0.15) is 31.5 Å². The molecule has 0 aliphatic heterocycles. The fourth-order valence-electron chi connectivity index (χ4n) is 2.12. The van der Waals surface area contributed by atoms with Crippen molar-refractivity contribution in [3.8, 4) is 11.3 Å². The topological polar surface area (TPSA) is 54.7 Å². The molecule has 1 heterocycles. The summed E-state index contributed by atoms with van der Waals surface area (Å²) in [6.07, 6.45) is 7.05. The average Bonchev–Trinajstić information content (AvgIpc) is 2.90. The van der Waals surface area contributed by atoms with E-state index in [1.54, 1.807) is 18.3 Å². The number of H-pyrrole nitrogens is 1. The molecule has 1 aromatic heterocycles. The first-order chi connectivity index (χ1) is 9.70. The van der Waals surface area contributed by atoms with Crippen LogP contribution in [0.3, 0.4) is 0 Å². The molecular weight excluding hydrogens is 321 g/mol. The lowest BCUT2D eigenvalue weighted by Crippen LogP contribution is -1.98. The molecule has 3 nitrogen and oxygen atoms in total. The average molecular weight is 340 g/mol. The molecule has 2 rings (SSSR count). The first kappa shape index (κ1) is 15.2. The molecule has 0 unspecified atom stereocenters. The number of hydrogen-bond acceptors (Lipinski definition) is 2. The molecule has 0 aliphatic rings. The first-order valence-corrected chi connectivity index (χ1v) is 7.69. The highest BCUT2D eigenvalue weighted by Gasteiger charge is 2.09. The third-order valence-electron chi connectivity index (χ3n) is 3.21. The third kappa shape index (κ3) is 4.15. The highest BCUT2D eigenvalue weighted by molar-refractivity contribution is 9.10. The normalized spacial score (nSPS) is 10.9. The van der Waals surface area contributed by atoms with Gasteiger partial charge in [-0.1, -0.05) is 28.8 Å². The summed E-state index contributed by atoms with van der Waals surface area (Å²) in [6, 6.07) is 4.90. The van der Waals surface area contributed by atoms with Crippen molar-refractivity contribution in [1.82, 2.24) is 9.97 Å². The Morgan fingerprint density at radius 2 is 2.00 bits per heavy atom. The zero-order valence-electron chi connectivity index (χ0n) is 11.3. The third-order valence-corrected chi connectivity index (χ3v) is 3.71. The first-order valence-electron chi connectivity index (χ1n) is 6.90. The molecule has 3 N–H and O–H groups in total. The van der Waals surface area contributed by atoms with Crippen LogP contribution in [0.2, 0.25) is 0 Å². The molecule has 0 atom stereocenters. The van der Waals surface area contributed by atoms with E-state index in [0.29, 0.717) is 5.56 Å². The summed E-state index contributed by atoms with van der Waals surface area (Å²) >= 11 is 3.36. The summed E-state index contributed by atoms with van der Waals surface area (Å²) in [7, 11) is 0. The number of unbranched alkanes of at least 4 members (excludes halogenated alkanes) is 3. The maximum absolute atomic E-state index is 13.8. The van der Waals surface area contributed by atoms with Gasteiger partial charge in [-0.25, -0.2) is 9.37 Å². The van der Waals surface area contributed by atoms with Gasteiger partial charge in [0.15, 0.2) is 0 Å². The lowest BCUT2D eigenvalue weighted by atomic mass is 10.1. The van der Waals surface area contributed by atoms with Gasteiger partial charge in [0.25, 0.3) is 0 Å². The van der Waals surface area contributed by atoms with E-state index in [2.05, 4.69) is 25.9 Å².